The maximum absolute atomic E-state index is 12.7. The largest absolute Gasteiger partial charge is 0.289 e. The van der Waals surface area contributed by atoms with Crippen molar-refractivity contribution in [1.29, 1.82) is 0 Å². The molecule has 0 saturated heterocycles. The van der Waals surface area contributed by atoms with E-state index in [-0.39, 0.29) is 16.4 Å². The van der Waals surface area contributed by atoms with Gasteiger partial charge in [-0.05, 0) is 24.6 Å². The second kappa shape index (κ2) is 7.03. The summed E-state index contributed by atoms with van der Waals surface area (Å²) in [4.78, 5) is 13.0. The molecule has 0 N–H and O–H groups in total. The molecule has 126 valence electrons. The van der Waals surface area contributed by atoms with Crippen molar-refractivity contribution in [2.24, 2.45) is 0 Å². The zero-order valence-corrected chi connectivity index (χ0v) is 14.7. The van der Waals surface area contributed by atoms with Gasteiger partial charge in [0.1, 0.15) is 0 Å². The van der Waals surface area contributed by atoms with Gasteiger partial charge in [-0.1, -0.05) is 72.3 Å². The van der Waals surface area contributed by atoms with Crippen molar-refractivity contribution in [3.63, 3.8) is 0 Å². The monoisotopic (exact) mass is 350 g/mol. The summed E-state index contributed by atoms with van der Waals surface area (Å²) in [6, 6.07) is 22.5. The summed E-state index contributed by atoms with van der Waals surface area (Å²) in [6.45, 7) is 1.91. The summed E-state index contributed by atoms with van der Waals surface area (Å²) in [7, 11) is -3.52. The van der Waals surface area contributed by atoms with Crippen LogP contribution in [-0.4, -0.2) is 14.2 Å². The first-order valence-corrected chi connectivity index (χ1v) is 9.60. The van der Waals surface area contributed by atoms with Crippen molar-refractivity contribution in [1.82, 2.24) is 0 Å². The Morgan fingerprint density at radius 3 is 2.08 bits per heavy atom. The van der Waals surface area contributed by atoms with Crippen molar-refractivity contribution in [2.45, 2.75) is 17.6 Å². The van der Waals surface area contributed by atoms with Gasteiger partial charge in [-0.3, -0.25) is 4.79 Å². The molecule has 25 heavy (non-hydrogen) atoms. The lowest BCUT2D eigenvalue weighted by Crippen LogP contribution is -2.10. The molecule has 0 atom stereocenters. The fraction of sp³-hybridized carbons (Fsp3) is 0.0952. The number of aryl methyl sites for hydroxylation is 1. The molecular formula is C21H18O3S. The van der Waals surface area contributed by atoms with E-state index >= 15 is 0 Å². The fourth-order valence-corrected chi connectivity index (χ4v) is 4.02. The molecule has 0 unspecified atom stereocenters. The maximum Gasteiger partial charge on any atom is 0.193 e. The average molecular weight is 350 g/mol. The van der Waals surface area contributed by atoms with Crippen LogP contribution in [0.25, 0.3) is 0 Å². The van der Waals surface area contributed by atoms with Gasteiger partial charge in [0.2, 0.25) is 0 Å². The topological polar surface area (TPSA) is 51.2 Å². The Morgan fingerprint density at radius 2 is 1.40 bits per heavy atom. The Morgan fingerprint density at radius 1 is 0.800 bits per heavy atom. The maximum atomic E-state index is 12.7. The number of hydrogen-bond donors (Lipinski definition) is 0. The lowest BCUT2D eigenvalue weighted by Gasteiger charge is -2.10. The van der Waals surface area contributed by atoms with E-state index in [2.05, 4.69) is 0 Å². The molecule has 3 nitrogen and oxygen atoms in total. The van der Waals surface area contributed by atoms with Crippen LogP contribution in [0.5, 0.6) is 0 Å². The van der Waals surface area contributed by atoms with Crippen molar-refractivity contribution < 1.29 is 13.2 Å². The van der Waals surface area contributed by atoms with Gasteiger partial charge in [-0.2, -0.15) is 0 Å². The van der Waals surface area contributed by atoms with Crippen LogP contribution in [0.15, 0.2) is 83.8 Å². The summed E-state index contributed by atoms with van der Waals surface area (Å²) < 4.78 is 25.4. The zero-order valence-electron chi connectivity index (χ0n) is 13.8. The van der Waals surface area contributed by atoms with Crippen LogP contribution >= 0.6 is 0 Å². The second-order valence-electron chi connectivity index (χ2n) is 5.92. The zero-order chi connectivity index (χ0) is 17.9. The van der Waals surface area contributed by atoms with Gasteiger partial charge < -0.3 is 0 Å². The molecule has 0 spiro atoms. The average Bonchev–Trinajstić information content (AvgIpc) is 2.62. The number of rotatable bonds is 5. The summed E-state index contributed by atoms with van der Waals surface area (Å²) in [5, 5.41) is 0. The molecule has 3 rings (SSSR count). The van der Waals surface area contributed by atoms with Crippen LogP contribution in [0.4, 0.5) is 0 Å². The van der Waals surface area contributed by atoms with E-state index < -0.39 is 9.84 Å². The van der Waals surface area contributed by atoms with Crippen LogP contribution < -0.4 is 0 Å². The predicted molar refractivity (Wildman–Crippen MR) is 98.4 cm³/mol. The van der Waals surface area contributed by atoms with E-state index in [4.69, 9.17) is 0 Å². The Hall–Kier alpha value is -2.72. The van der Waals surface area contributed by atoms with E-state index in [1.165, 1.54) is 0 Å². The molecule has 0 aromatic heterocycles. The Kier molecular flexibility index (Phi) is 4.81. The van der Waals surface area contributed by atoms with Gasteiger partial charge in [0, 0.05) is 11.1 Å². The standard InChI is InChI=1S/C21H18O3S/c1-16-11-13-19(14-12-16)25(23,24)15-18-9-5-6-10-20(18)21(22)17-7-3-2-4-8-17/h2-14H,15H2,1H3. The highest BCUT2D eigenvalue weighted by atomic mass is 32.2. The van der Waals surface area contributed by atoms with E-state index in [0.717, 1.165) is 5.56 Å². The molecule has 3 aromatic rings. The molecule has 0 amide bonds. The smallest absolute Gasteiger partial charge is 0.193 e. The fourth-order valence-electron chi connectivity index (χ4n) is 2.65. The molecule has 0 saturated carbocycles. The lowest BCUT2D eigenvalue weighted by atomic mass is 9.99. The van der Waals surface area contributed by atoms with E-state index in [9.17, 15) is 13.2 Å². The minimum atomic E-state index is -3.52. The van der Waals surface area contributed by atoms with E-state index in [1.807, 2.05) is 13.0 Å². The number of carbonyl (C=O) groups is 1. The molecule has 0 fully saturated rings. The van der Waals surface area contributed by atoms with E-state index in [0.29, 0.717) is 16.7 Å². The van der Waals surface area contributed by atoms with Crippen molar-refractivity contribution in [3.8, 4) is 0 Å². The van der Waals surface area contributed by atoms with Crippen LogP contribution in [0.1, 0.15) is 27.0 Å². The van der Waals surface area contributed by atoms with Crippen LogP contribution in [0.2, 0.25) is 0 Å². The summed E-state index contributed by atoms with van der Waals surface area (Å²) in [5.41, 5.74) is 2.47. The first kappa shape index (κ1) is 17.1. The lowest BCUT2D eigenvalue weighted by molar-refractivity contribution is 0.103. The second-order valence-corrected chi connectivity index (χ2v) is 7.91. The number of carbonyl (C=O) groups excluding carboxylic acids is 1. The highest BCUT2D eigenvalue weighted by molar-refractivity contribution is 7.90. The molecule has 0 heterocycles. The van der Waals surface area contributed by atoms with Gasteiger partial charge >= 0.3 is 0 Å². The quantitative estimate of drug-likeness (QED) is 0.648. The van der Waals surface area contributed by atoms with Crippen molar-refractivity contribution >= 4 is 15.6 Å². The molecule has 4 heteroatoms. The van der Waals surface area contributed by atoms with Gasteiger partial charge in [0.05, 0.1) is 10.6 Å². The molecule has 0 aliphatic carbocycles. The third-order valence-corrected chi connectivity index (χ3v) is 5.71. The van der Waals surface area contributed by atoms with E-state index in [1.54, 1.807) is 72.8 Å². The van der Waals surface area contributed by atoms with Crippen molar-refractivity contribution in [3.05, 3.63) is 101 Å². The van der Waals surface area contributed by atoms with Gasteiger partial charge in [-0.15, -0.1) is 0 Å². The van der Waals surface area contributed by atoms with Crippen LogP contribution in [0.3, 0.4) is 0 Å². The van der Waals surface area contributed by atoms with Gasteiger partial charge in [0.15, 0.2) is 15.6 Å². The highest BCUT2D eigenvalue weighted by Gasteiger charge is 2.20. The Bertz CT molecular complexity index is 989. The molecule has 3 aromatic carbocycles. The van der Waals surface area contributed by atoms with Crippen LogP contribution in [-0.2, 0) is 15.6 Å². The molecule has 0 aliphatic rings. The molecule has 0 radical (unpaired) electrons. The summed E-state index contributed by atoms with van der Waals surface area (Å²) in [6.07, 6.45) is 0. The van der Waals surface area contributed by atoms with Crippen LogP contribution in [0, 0.1) is 6.92 Å². The minimum Gasteiger partial charge on any atom is -0.289 e. The van der Waals surface area contributed by atoms with Gasteiger partial charge in [-0.25, -0.2) is 8.42 Å². The molecule has 0 aliphatic heterocycles. The number of ketones is 1. The SMILES string of the molecule is Cc1ccc(S(=O)(=O)Cc2ccccc2C(=O)c2ccccc2)cc1. The summed E-state index contributed by atoms with van der Waals surface area (Å²) in [5.74, 6) is -0.375. The number of benzene rings is 3. The first-order valence-electron chi connectivity index (χ1n) is 7.94. The van der Waals surface area contributed by atoms with Crippen molar-refractivity contribution in [2.75, 3.05) is 0 Å². The highest BCUT2D eigenvalue weighted by Crippen LogP contribution is 2.21. The Balaban J connectivity index is 1.96. The third kappa shape index (κ3) is 3.86. The number of hydrogen-bond acceptors (Lipinski definition) is 3. The number of sulfone groups is 1. The molecular weight excluding hydrogens is 332 g/mol. The minimum absolute atomic E-state index is 0.171. The Labute approximate surface area is 147 Å². The van der Waals surface area contributed by atoms with Gasteiger partial charge in [0.25, 0.3) is 0 Å². The predicted octanol–water partition coefficient (Wildman–Crippen LogP) is 4.20. The third-order valence-electron chi connectivity index (χ3n) is 4.02. The molecule has 0 bridgehead atoms. The normalized spacial score (nSPS) is 11.2. The summed E-state index contributed by atoms with van der Waals surface area (Å²) >= 11 is 0. The first-order chi connectivity index (χ1) is 12.0.